The van der Waals surface area contributed by atoms with Gasteiger partial charge in [-0.15, -0.1) is 0 Å². The highest BCUT2D eigenvalue weighted by molar-refractivity contribution is 5.80. The van der Waals surface area contributed by atoms with Crippen molar-refractivity contribution in [3.8, 4) is 0 Å². The first-order chi connectivity index (χ1) is 10.7. The molecule has 0 unspecified atom stereocenters. The van der Waals surface area contributed by atoms with Gasteiger partial charge in [0.25, 0.3) is 0 Å². The van der Waals surface area contributed by atoms with E-state index in [0.717, 1.165) is 55.8 Å². The molecular formula is C19H32N2O. The van der Waals surface area contributed by atoms with Crippen molar-refractivity contribution >= 4 is 5.91 Å². The van der Waals surface area contributed by atoms with Crippen LogP contribution in [0, 0.1) is 35.5 Å². The topological polar surface area (TPSA) is 32.3 Å². The largest absolute Gasteiger partial charge is 0.342 e. The molecule has 1 heterocycles. The number of hydrogen-bond acceptors (Lipinski definition) is 2. The first kappa shape index (κ1) is 15.0. The van der Waals surface area contributed by atoms with E-state index in [4.69, 9.17) is 0 Å². The fourth-order valence-electron chi connectivity index (χ4n) is 6.25. The number of rotatable bonds is 4. The van der Waals surface area contributed by atoms with Gasteiger partial charge >= 0.3 is 0 Å². The van der Waals surface area contributed by atoms with Gasteiger partial charge in [-0.3, -0.25) is 4.79 Å². The smallest absolute Gasteiger partial charge is 0.226 e. The Labute approximate surface area is 135 Å². The second-order valence-corrected chi connectivity index (χ2v) is 8.53. The van der Waals surface area contributed by atoms with Gasteiger partial charge in [-0.1, -0.05) is 6.92 Å². The number of carbonyl (C=O) groups excluding carboxylic acids is 1. The molecule has 4 aliphatic carbocycles. The molecule has 0 aromatic heterocycles. The van der Waals surface area contributed by atoms with E-state index in [-0.39, 0.29) is 0 Å². The second-order valence-electron chi connectivity index (χ2n) is 8.53. The lowest BCUT2D eigenvalue weighted by molar-refractivity contribution is -0.150. The SMILES string of the molecule is CCNCC1CCN(C(=O)C2C3CC4CC(C3)CC2C4)CC1. The van der Waals surface area contributed by atoms with Crippen molar-refractivity contribution in [3.05, 3.63) is 0 Å². The fraction of sp³-hybridized carbons (Fsp3) is 0.947. The quantitative estimate of drug-likeness (QED) is 0.866. The third-order valence-corrected chi connectivity index (χ3v) is 7.12. The van der Waals surface area contributed by atoms with Crippen molar-refractivity contribution in [2.75, 3.05) is 26.2 Å². The number of amides is 1. The normalized spacial score (nSPS) is 41.1. The summed E-state index contributed by atoms with van der Waals surface area (Å²) >= 11 is 0. The van der Waals surface area contributed by atoms with Crippen LogP contribution in [0.4, 0.5) is 0 Å². The highest BCUT2D eigenvalue weighted by atomic mass is 16.2. The van der Waals surface area contributed by atoms with E-state index < -0.39 is 0 Å². The van der Waals surface area contributed by atoms with Crippen LogP contribution in [0.3, 0.4) is 0 Å². The predicted octanol–water partition coefficient (Wildman–Crippen LogP) is 2.91. The maximum atomic E-state index is 13.1. The molecule has 5 fully saturated rings. The average molecular weight is 304 g/mol. The van der Waals surface area contributed by atoms with Crippen LogP contribution >= 0.6 is 0 Å². The molecule has 1 aliphatic heterocycles. The number of likely N-dealkylation sites (tertiary alicyclic amines) is 1. The minimum absolute atomic E-state index is 0.401. The summed E-state index contributed by atoms with van der Waals surface area (Å²) < 4.78 is 0. The molecule has 3 nitrogen and oxygen atoms in total. The molecule has 124 valence electrons. The third-order valence-electron chi connectivity index (χ3n) is 7.12. The van der Waals surface area contributed by atoms with Crippen molar-refractivity contribution in [2.45, 2.75) is 51.9 Å². The van der Waals surface area contributed by atoms with Crippen LogP contribution in [0.5, 0.6) is 0 Å². The lowest BCUT2D eigenvalue weighted by Crippen LogP contribution is -2.53. The maximum absolute atomic E-state index is 13.1. The number of nitrogens with zero attached hydrogens (tertiary/aromatic N) is 1. The molecule has 1 N–H and O–H groups in total. The molecule has 22 heavy (non-hydrogen) atoms. The molecule has 1 amide bonds. The van der Waals surface area contributed by atoms with Crippen LogP contribution < -0.4 is 5.32 Å². The summed E-state index contributed by atoms with van der Waals surface area (Å²) in [6.45, 7) is 6.39. The Kier molecular flexibility index (Phi) is 4.19. The van der Waals surface area contributed by atoms with Crippen molar-refractivity contribution in [1.29, 1.82) is 0 Å². The number of piperidine rings is 1. The summed E-state index contributed by atoms with van der Waals surface area (Å²) in [4.78, 5) is 15.4. The van der Waals surface area contributed by atoms with Crippen LogP contribution in [0.25, 0.3) is 0 Å². The van der Waals surface area contributed by atoms with Crippen molar-refractivity contribution in [1.82, 2.24) is 10.2 Å². The number of hydrogen-bond donors (Lipinski definition) is 1. The van der Waals surface area contributed by atoms with Gasteiger partial charge in [-0.2, -0.15) is 0 Å². The van der Waals surface area contributed by atoms with Gasteiger partial charge in [0.15, 0.2) is 0 Å². The lowest BCUT2D eigenvalue weighted by atomic mass is 9.51. The lowest BCUT2D eigenvalue weighted by Gasteiger charge is -2.54. The molecule has 5 rings (SSSR count). The molecule has 1 saturated heterocycles. The Morgan fingerprint density at radius 2 is 1.59 bits per heavy atom. The second kappa shape index (κ2) is 6.14. The Bertz CT molecular complexity index is 386. The zero-order valence-electron chi connectivity index (χ0n) is 14.1. The van der Waals surface area contributed by atoms with E-state index in [1.165, 1.54) is 44.9 Å². The minimum atomic E-state index is 0.401. The van der Waals surface area contributed by atoms with E-state index in [2.05, 4.69) is 17.1 Å². The summed E-state index contributed by atoms with van der Waals surface area (Å²) in [5.41, 5.74) is 0. The number of nitrogens with one attached hydrogen (secondary N) is 1. The van der Waals surface area contributed by atoms with Gasteiger partial charge in [0.05, 0.1) is 0 Å². The predicted molar refractivity (Wildman–Crippen MR) is 88.4 cm³/mol. The van der Waals surface area contributed by atoms with E-state index in [9.17, 15) is 4.79 Å². The van der Waals surface area contributed by atoms with Gasteiger partial charge in [0.1, 0.15) is 0 Å². The monoisotopic (exact) mass is 304 g/mol. The zero-order chi connectivity index (χ0) is 15.1. The van der Waals surface area contributed by atoms with E-state index in [1.54, 1.807) is 0 Å². The van der Waals surface area contributed by atoms with Gasteiger partial charge in [0.2, 0.25) is 5.91 Å². The van der Waals surface area contributed by atoms with Crippen LogP contribution in [-0.4, -0.2) is 37.0 Å². The van der Waals surface area contributed by atoms with Gasteiger partial charge in [0, 0.05) is 19.0 Å². The van der Waals surface area contributed by atoms with Crippen LogP contribution in [0.15, 0.2) is 0 Å². The highest BCUT2D eigenvalue weighted by Crippen LogP contribution is 2.56. The minimum Gasteiger partial charge on any atom is -0.342 e. The Morgan fingerprint density at radius 1 is 1.00 bits per heavy atom. The molecule has 0 spiro atoms. The number of carbonyl (C=O) groups is 1. The molecule has 0 aromatic carbocycles. The third kappa shape index (κ3) is 2.70. The van der Waals surface area contributed by atoms with E-state index in [1.807, 2.05) is 0 Å². The van der Waals surface area contributed by atoms with Gasteiger partial charge in [-0.25, -0.2) is 0 Å². The summed E-state index contributed by atoms with van der Waals surface area (Å²) in [5, 5.41) is 3.46. The van der Waals surface area contributed by atoms with Crippen molar-refractivity contribution in [3.63, 3.8) is 0 Å². The van der Waals surface area contributed by atoms with Crippen molar-refractivity contribution < 1.29 is 4.79 Å². The summed E-state index contributed by atoms with van der Waals surface area (Å²) in [7, 11) is 0. The summed E-state index contributed by atoms with van der Waals surface area (Å²) in [6.07, 6.45) is 9.32. The Hall–Kier alpha value is -0.570. The van der Waals surface area contributed by atoms with E-state index >= 15 is 0 Å². The summed E-state index contributed by atoms with van der Waals surface area (Å²) in [6, 6.07) is 0. The molecular weight excluding hydrogens is 272 g/mol. The maximum Gasteiger partial charge on any atom is 0.226 e. The van der Waals surface area contributed by atoms with Gasteiger partial charge < -0.3 is 10.2 Å². The molecule has 4 saturated carbocycles. The molecule has 0 radical (unpaired) electrons. The molecule has 0 aromatic rings. The first-order valence-electron chi connectivity index (χ1n) is 9.74. The van der Waals surface area contributed by atoms with Crippen molar-refractivity contribution in [2.24, 2.45) is 35.5 Å². The molecule has 4 bridgehead atoms. The highest BCUT2D eigenvalue weighted by Gasteiger charge is 2.51. The standard InChI is InChI=1S/C19H32N2O/c1-2-20-12-13-3-5-21(6-4-13)19(22)18-16-8-14-7-15(10-16)11-17(18)9-14/h13-18,20H,2-12H2,1H3. The molecule has 3 heteroatoms. The summed E-state index contributed by atoms with van der Waals surface area (Å²) in [5.74, 6) is 5.14. The average Bonchev–Trinajstić information content (AvgIpc) is 2.52. The Morgan fingerprint density at radius 3 is 2.14 bits per heavy atom. The first-order valence-corrected chi connectivity index (χ1v) is 9.74. The van der Waals surface area contributed by atoms with Crippen LogP contribution in [0.2, 0.25) is 0 Å². The molecule has 5 aliphatic rings. The van der Waals surface area contributed by atoms with Crippen LogP contribution in [0.1, 0.15) is 51.9 Å². The van der Waals surface area contributed by atoms with Crippen LogP contribution in [-0.2, 0) is 4.79 Å². The zero-order valence-corrected chi connectivity index (χ0v) is 14.1. The Balaban J connectivity index is 1.35. The van der Waals surface area contributed by atoms with E-state index in [0.29, 0.717) is 11.8 Å². The fourth-order valence-corrected chi connectivity index (χ4v) is 6.25. The van der Waals surface area contributed by atoms with Gasteiger partial charge in [-0.05, 0) is 87.6 Å². The molecule has 0 atom stereocenters.